The molecule has 1 aromatic carbocycles. The Morgan fingerprint density at radius 3 is 2.72 bits per heavy atom. The number of halogens is 1. The summed E-state index contributed by atoms with van der Waals surface area (Å²) in [5.74, 6) is 0.889. The molecule has 3 heterocycles. The highest BCUT2D eigenvalue weighted by Gasteiger charge is 2.41. The number of rotatable bonds is 7. The van der Waals surface area contributed by atoms with Gasteiger partial charge in [-0.2, -0.15) is 0 Å². The normalized spacial score (nSPS) is 18.8. The number of benzene rings is 1. The molecular weight excluding hydrogens is 422 g/mol. The third-order valence-electron chi connectivity index (χ3n) is 4.88. The van der Waals surface area contributed by atoms with Crippen LogP contribution in [0.5, 0.6) is 0 Å². The lowest BCUT2D eigenvalue weighted by molar-refractivity contribution is 0.257. The van der Waals surface area contributed by atoms with E-state index in [4.69, 9.17) is 28.2 Å². The molecule has 0 spiro atoms. The first-order valence-corrected chi connectivity index (χ1v) is 11.3. The van der Waals surface area contributed by atoms with E-state index in [0.717, 1.165) is 51.0 Å². The van der Waals surface area contributed by atoms with E-state index < -0.39 is 0 Å². The molecule has 0 radical (unpaired) electrons. The highest BCUT2D eigenvalue weighted by atomic mass is 35.5. The number of thiocarbonyl (C=S) groups is 1. The molecule has 29 heavy (non-hydrogen) atoms. The number of aromatic nitrogens is 1. The van der Waals surface area contributed by atoms with Crippen LogP contribution in [0.1, 0.15) is 43.3 Å². The molecule has 3 aromatic rings. The Balaban J connectivity index is 1.62. The minimum absolute atomic E-state index is 0.0245. The molecule has 0 unspecified atom stereocenters. The number of nitrogens with zero attached hydrogens (tertiary/aromatic N) is 2. The van der Waals surface area contributed by atoms with E-state index >= 15 is 0 Å². The average molecular weight is 444 g/mol. The van der Waals surface area contributed by atoms with E-state index in [-0.39, 0.29) is 12.1 Å². The van der Waals surface area contributed by atoms with Crippen LogP contribution in [-0.2, 0) is 0 Å². The largest absolute Gasteiger partial charge is 0.452 e. The van der Waals surface area contributed by atoms with Gasteiger partial charge in [-0.25, -0.2) is 0 Å². The molecule has 2 atom stereocenters. The minimum Gasteiger partial charge on any atom is -0.452 e. The first kappa shape index (κ1) is 20.3. The molecule has 1 fully saturated rings. The smallest absolute Gasteiger partial charge is 0.170 e. The summed E-state index contributed by atoms with van der Waals surface area (Å²) in [4.78, 5) is 7.87. The molecule has 0 aliphatic carbocycles. The topological polar surface area (TPSA) is 41.3 Å². The van der Waals surface area contributed by atoms with Gasteiger partial charge in [0.1, 0.15) is 11.8 Å². The number of unbranched alkanes of at least 4 members (excludes halogenated alkanes) is 1. The summed E-state index contributed by atoms with van der Waals surface area (Å²) in [6.07, 6.45) is 3.99. The van der Waals surface area contributed by atoms with Gasteiger partial charge in [-0.15, -0.1) is 0 Å². The second-order valence-corrected chi connectivity index (χ2v) is 8.79. The Morgan fingerprint density at radius 1 is 1.17 bits per heavy atom. The zero-order chi connectivity index (χ0) is 20.2. The number of pyridine rings is 1. The van der Waals surface area contributed by atoms with Gasteiger partial charge in [0.2, 0.25) is 0 Å². The van der Waals surface area contributed by atoms with Crippen molar-refractivity contribution in [1.82, 2.24) is 15.2 Å². The van der Waals surface area contributed by atoms with Crippen LogP contribution in [0.3, 0.4) is 0 Å². The molecule has 0 bridgehead atoms. The fourth-order valence-electron chi connectivity index (χ4n) is 3.45. The molecule has 4 rings (SSSR count). The van der Waals surface area contributed by atoms with Crippen LogP contribution in [0.4, 0.5) is 0 Å². The molecule has 2 aromatic heterocycles. The molecule has 7 heteroatoms. The molecule has 1 N–H and O–H groups in total. The first-order valence-electron chi connectivity index (χ1n) is 9.67. The maximum atomic E-state index is 6.27. The zero-order valence-electron chi connectivity index (χ0n) is 16.0. The third-order valence-corrected chi connectivity index (χ3v) is 6.41. The molecule has 150 valence electrons. The van der Waals surface area contributed by atoms with Crippen LogP contribution in [0, 0.1) is 0 Å². The van der Waals surface area contributed by atoms with Crippen LogP contribution < -0.4 is 5.32 Å². The third kappa shape index (κ3) is 4.60. The van der Waals surface area contributed by atoms with Crippen molar-refractivity contribution in [3.63, 3.8) is 0 Å². The predicted octanol–water partition coefficient (Wildman–Crippen LogP) is 6.25. The summed E-state index contributed by atoms with van der Waals surface area (Å²) in [7, 11) is 0. The van der Waals surface area contributed by atoms with Crippen LogP contribution in [0.2, 0.25) is 5.02 Å². The molecule has 0 saturated carbocycles. The van der Waals surface area contributed by atoms with Crippen molar-refractivity contribution in [3.05, 3.63) is 77.3 Å². The van der Waals surface area contributed by atoms with Gasteiger partial charge in [0.05, 0.1) is 11.7 Å². The summed E-state index contributed by atoms with van der Waals surface area (Å²) >= 11 is 13.2. The predicted molar refractivity (Wildman–Crippen MR) is 121 cm³/mol. The standard InChI is InChI=1S/C22H22ClN3OS2/c1-2-3-14-26-21(20(25-22(26)28)17-6-4-5-13-24-17)18-11-12-19(27-18)29-16-9-7-15(23)8-10-16/h4-13,20-21H,2-3,14H2,1H3,(H,25,28)/t20-,21+/m1/s1. The van der Waals surface area contributed by atoms with Crippen molar-refractivity contribution in [2.75, 3.05) is 6.54 Å². The SMILES string of the molecule is CCCCN1C(=S)N[C@H](c2ccccn2)[C@@H]1c1ccc(Sc2ccc(Cl)cc2)o1. The zero-order valence-corrected chi connectivity index (χ0v) is 18.4. The van der Waals surface area contributed by atoms with Crippen LogP contribution in [0.15, 0.2) is 75.2 Å². The van der Waals surface area contributed by atoms with E-state index in [1.165, 1.54) is 0 Å². The minimum atomic E-state index is -0.0416. The van der Waals surface area contributed by atoms with Crippen LogP contribution >= 0.6 is 35.6 Å². The number of furan rings is 1. The number of hydrogen-bond donors (Lipinski definition) is 1. The Hall–Kier alpha value is -2.02. The lowest BCUT2D eigenvalue weighted by Gasteiger charge is -2.25. The lowest BCUT2D eigenvalue weighted by atomic mass is 10.0. The Labute approximate surface area is 185 Å². The van der Waals surface area contributed by atoms with Gasteiger partial charge in [0.25, 0.3) is 0 Å². The number of hydrogen-bond acceptors (Lipinski definition) is 4. The lowest BCUT2D eigenvalue weighted by Crippen LogP contribution is -2.30. The van der Waals surface area contributed by atoms with E-state index in [1.807, 2.05) is 60.8 Å². The van der Waals surface area contributed by atoms with Crippen molar-refractivity contribution < 1.29 is 4.42 Å². The van der Waals surface area contributed by atoms with Gasteiger partial charge in [-0.1, -0.05) is 42.8 Å². The van der Waals surface area contributed by atoms with Crippen molar-refractivity contribution in [1.29, 1.82) is 0 Å². The summed E-state index contributed by atoms with van der Waals surface area (Å²) < 4.78 is 6.27. The molecular formula is C22H22ClN3OS2. The van der Waals surface area contributed by atoms with E-state index in [9.17, 15) is 0 Å². The summed E-state index contributed by atoms with van der Waals surface area (Å²) in [5, 5.41) is 5.78. The maximum absolute atomic E-state index is 6.27. The molecule has 4 nitrogen and oxygen atoms in total. The Morgan fingerprint density at radius 2 is 2.00 bits per heavy atom. The van der Waals surface area contributed by atoms with Gasteiger partial charge in [0, 0.05) is 22.7 Å². The second kappa shape index (κ2) is 9.20. The summed E-state index contributed by atoms with van der Waals surface area (Å²) in [6, 6.07) is 17.7. The monoisotopic (exact) mass is 443 g/mol. The van der Waals surface area contributed by atoms with Crippen LogP contribution in [-0.4, -0.2) is 21.5 Å². The number of nitrogens with one attached hydrogen (secondary N) is 1. The maximum Gasteiger partial charge on any atom is 0.170 e. The van der Waals surface area contributed by atoms with Crippen molar-refractivity contribution >= 4 is 40.7 Å². The van der Waals surface area contributed by atoms with Gasteiger partial charge < -0.3 is 14.6 Å². The molecule has 1 aliphatic rings. The highest BCUT2D eigenvalue weighted by Crippen LogP contribution is 2.41. The average Bonchev–Trinajstić information content (AvgIpc) is 3.32. The fraction of sp³-hybridized carbons (Fsp3) is 0.273. The van der Waals surface area contributed by atoms with Gasteiger partial charge in [-0.05, 0) is 67.2 Å². The van der Waals surface area contributed by atoms with Crippen molar-refractivity contribution in [2.45, 2.75) is 41.8 Å². The van der Waals surface area contributed by atoms with Gasteiger partial charge in [-0.3, -0.25) is 4.98 Å². The van der Waals surface area contributed by atoms with Crippen molar-refractivity contribution in [3.8, 4) is 0 Å². The molecule has 1 aliphatic heterocycles. The molecule has 1 saturated heterocycles. The summed E-state index contributed by atoms with van der Waals surface area (Å²) in [5.41, 5.74) is 0.960. The van der Waals surface area contributed by atoms with Crippen molar-refractivity contribution in [2.24, 2.45) is 0 Å². The molecule has 0 amide bonds. The summed E-state index contributed by atoms with van der Waals surface area (Å²) in [6.45, 7) is 3.07. The van der Waals surface area contributed by atoms with Gasteiger partial charge in [0.15, 0.2) is 10.2 Å². The fourth-order valence-corrected chi connectivity index (χ4v) is 4.69. The quantitative estimate of drug-likeness (QED) is 0.435. The Bertz CT molecular complexity index is 962. The Kier molecular flexibility index (Phi) is 6.43. The van der Waals surface area contributed by atoms with Crippen LogP contribution in [0.25, 0.3) is 0 Å². The van der Waals surface area contributed by atoms with E-state index in [0.29, 0.717) is 0 Å². The van der Waals surface area contributed by atoms with E-state index in [1.54, 1.807) is 11.8 Å². The first-order chi connectivity index (χ1) is 14.2. The van der Waals surface area contributed by atoms with E-state index in [2.05, 4.69) is 22.1 Å². The van der Waals surface area contributed by atoms with Gasteiger partial charge >= 0.3 is 0 Å². The highest BCUT2D eigenvalue weighted by molar-refractivity contribution is 7.99. The second-order valence-electron chi connectivity index (χ2n) is 6.89.